The molecule has 0 unspecified atom stereocenters. The average Bonchev–Trinajstić information content (AvgIpc) is 3.67. The second-order valence-electron chi connectivity index (χ2n) is 10.3. The number of aromatic hydroxyl groups is 2. The number of nitrogens with two attached hydrogens (primary N) is 1. The molecule has 1 aromatic carbocycles. The Morgan fingerprint density at radius 1 is 1.21 bits per heavy atom. The summed E-state index contributed by atoms with van der Waals surface area (Å²) in [5.74, 6) is -5.35. The lowest BCUT2D eigenvalue weighted by atomic mass is 10.0. The van der Waals surface area contributed by atoms with E-state index in [4.69, 9.17) is 38.3 Å². The number of aliphatic carboxylic acids is 2. The Morgan fingerprint density at radius 3 is 2.57 bits per heavy atom. The van der Waals surface area contributed by atoms with Crippen molar-refractivity contribution in [3.63, 3.8) is 0 Å². The summed E-state index contributed by atoms with van der Waals surface area (Å²) < 4.78 is 5.28. The number of carbonyl (C=O) groups is 4. The quantitative estimate of drug-likeness (QED) is 0.0761. The molecule has 4 heterocycles. The Bertz CT molecular complexity index is 1920. The Balaban J connectivity index is 1.35. The summed E-state index contributed by atoms with van der Waals surface area (Å²) in [6, 6.07) is 1.56. The predicted molar refractivity (Wildman–Crippen MR) is 170 cm³/mol. The van der Waals surface area contributed by atoms with Crippen LogP contribution in [0.2, 0.25) is 10.0 Å². The third kappa shape index (κ3) is 6.44. The first kappa shape index (κ1) is 33.6. The number of nitrogens with zero attached hydrogens (tertiary/aromatic N) is 4. The van der Waals surface area contributed by atoms with Crippen molar-refractivity contribution in [1.82, 2.24) is 20.4 Å². The van der Waals surface area contributed by atoms with Crippen molar-refractivity contribution in [2.24, 2.45) is 5.16 Å². The Morgan fingerprint density at radius 2 is 1.94 bits per heavy atom. The van der Waals surface area contributed by atoms with Crippen LogP contribution in [0.25, 0.3) is 17.3 Å². The van der Waals surface area contributed by atoms with Crippen LogP contribution in [0.4, 0.5) is 5.13 Å². The zero-order chi connectivity index (χ0) is 34.4. The lowest BCUT2D eigenvalue weighted by Crippen LogP contribution is -2.71. The van der Waals surface area contributed by atoms with Crippen LogP contribution in [0.15, 0.2) is 44.5 Å². The summed E-state index contributed by atoms with van der Waals surface area (Å²) in [7, 11) is 0. The number of allylic oxidation sites excluding steroid dienone is 1. The molecule has 2 aliphatic rings. The maximum Gasteiger partial charge on any atom is 0.352 e. The number of nitrogens with one attached hydrogen (secondary N) is 1. The van der Waals surface area contributed by atoms with Crippen LogP contribution in [0, 0.1) is 0 Å². The molecule has 0 spiro atoms. The number of thiazole rings is 1. The fraction of sp³-hybridized carbons (Fsp3) is 0.222. The van der Waals surface area contributed by atoms with Gasteiger partial charge in [-0.05, 0) is 31.6 Å². The number of hydrogen-bond acceptors (Lipinski definition) is 14. The first-order valence-electron chi connectivity index (χ1n) is 13.1. The zero-order valence-electron chi connectivity index (χ0n) is 23.9. The minimum absolute atomic E-state index is 0.0205. The van der Waals surface area contributed by atoms with Crippen LogP contribution in [0.5, 0.6) is 11.5 Å². The van der Waals surface area contributed by atoms with Crippen LogP contribution in [0.3, 0.4) is 0 Å². The van der Waals surface area contributed by atoms with Gasteiger partial charge in [-0.1, -0.05) is 39.6 Å². The second-order valence-corrected chi connectivity index (χ2v) is 13.1. The number of rotatable bonds is 10. The maximum atomic E-state index is 13.3. The SMILES string of the molecule is CC(C)(O/N=C(\C(=O)N[C@@H]1C(=O)N2C(C(=O)O)=C(/C=C/c3cc(-c4cc(Cl)c(O)c(O)c4Cl)no3)CS[C@H]12)c1csc(N)n1)C(=O)O. The van der Waals surface area contributed by atoms with Crippen LogP contribution in [-0.4, -0.2) is 87.7 Å². The summed E-state index contributed by atoms with van der Waals surface area (Å²) in [5.41, 5.74) is 3.69. The number of oxime groups is 1. The highest BCUT2D eigenvalue weighted by Gasteiger charge is 2.54. The van der Waals surface area contributed by atoms with E-state index in [1.54, 1.807) is 0 Å². The molecule has 2 atom stereocenters. The number of anilines is 1. The molecule has 2 amide bonds. The molecule has 0 aliphatic carbocycles. The molecule has 20 heteroatoms. The number of halogens is 2. The van der Waals surface area contributed by atoms with E-state index in [1.807, 2.05) is 0 Å². The van der Waals surface area contributed by atoms with Crippen LogP contribution in [0.1, 0.15) is 25.3 Å². The smallest absolute Gasteiger partial charge is 0.352 e. The molecule has 1 saturated heterocycles. The Kier molecular flexibility index (Phi) is 9.13. The van der Waals surface area contributed by atoms with Crippen LogP contribution >= 0.6 is 46.3 Å². The van der Waals surface area contributed by atoms with Gasteiger partial charge in [-0.2, -0.15) is 0 Å². The van der Waals surface area contributed by atoms with Gasteiger partial charge in [0.25, 0.3) is 11.8 Å². The summed E-state index contributed by atoms with van der Waals surface area (Å²) in [6.07, 6.45) is 2.84. The number of fused-ring (bicyclic) bond motifs is 1. The van der Waals surface area contributed by atoms with Crippen molar-refractivity contribution in [2.45, 2.75) is 30.9 Å². The van der Waals surface area contributed by atoms with Crippen molar-refractivity contribution in [3.05, 3.63) is 56.4 Å². The molecule has 47 heavy (non-hydrogen) atoms. The number of nitrogen functional groups attached to an aromatic ring is 1. The highest BCUT2D eigenvalue weighted by Crippen LogP contribution is 2.45. The predicted octanol–water partition coefficient (Wildman–Crippen LogP) is 3.13. The lowest BCUT2D eigenvalue weighted by molar-refractivity contribution is -0.161. The number of carbonyl (C=O) groups excluding carboxylic acids is 2. The Hall–Kier alpha value is -4.78. The van der Waals surface area contributed by atoms with Crippen molar-refractivity contribution in [2.75, 3.05) is 11.5 Å². The van der Waals surface area contributed by atoms with E-state index in [9.17, 15) is 39.6 Å². The number of phenolic OH excluding ortho intramolecular Hbond substituents is 2. The molecule has 0 radical (unpaired) electrons. The molecule has 0 bridgehead atoms. The minimum Gasteiger partial charge on any atom is -0.503 e. The van der Waals surface area contributed by atoms with E-state index >= 15 is 0 Å². The summed E-state index contributed by atoms with van der Waals surface area (Å²) >= 11 is 14.2. The molecule has 16 nitrogen and oxygen atoms in total. The fourth-order valence-electron chi connectivity index (χ4n) is 4.25. The number of phenols is 2. The molecule has 5 rings (SSSR count). The summed E-state index contributed by atoms with van der Waals surface area (Å²) in [6.45, 7) is 2.44. The van der Waals surface area contributed by atoms with Crippen LogP contribution < -0.4 is 11.1 Å². The summed E-state index contributed by atoms with van der Waals surface area (Å²) in [5, 5.41) is 49.5. The van der Waals surface area contributed by atoms with Gasteiger partial charge in [0.1, 0.15) is 28.5 Å². The van der Waals surface area contributed by atoms with Crippen molar-refractivity contribution in [1.29, 1.82) is 0 Å². The van der Waals surface area contributed by atoms with E-state index in [-0.39, 0.29) is 54.9 Å². The Labute approximate surface area is 282 Å². The van der Waals surface area contributed by atoms with Crippen LogP contribution in [-0.2, 0) is 24.0 Å². The molecular weight excluding hydrogens is 703 g/mol. The highest BCUT2D eigenvalue weighted by atomic mass is 35.5. The normalized spacial score (nSPS) is 18.3. The molecule has 246 valence electrons. The largest absolute Gasteiger partial charge is 0.503 e. The standard InChI is InChI=1S/C27H22Cl2N6O10S2/c1-27(2,25(42)43)45-34-16(14-8-47-26(30)31-14)21(38)32-17-22(39)35-18(24(40)41)9(7-46-23(17)35)3-4-10-5-13(33-44-10)11-6-12(28)19(36)20(37)15(11)29/h3-6,8,17,23,36-37H,7H2,1-2H3,(H2,30,31)(H,32,38)(H,40,41)(H,42,43)/b4-3+,34-16-/t17-,23-/m1/s1. The molecule has 1 fully saturated rings. The van der Waals surface area contributed by atoms with E-state index in [1.165, 1.54) is 55.3 Å². The number of amides is 2. The van der Waals surface area contributed by atoms with Gasteiger partial charge in [-0.3, -0.25) is 14.5 Å². The fourth-order valence-corrected chi connectivity index (χ4v) is 6.55. The average molecular weight is 726 g/mol. The topological polar surface area (TPSA) is 251 Å². The number of hydrogen-bond donors (Lipinski definition) is 6. The molecule has 3 aromatic rings. The van der Waals surface area contributed by atoms with E-state index in [0.717, 1.165) is 16.2 Å². The number of carboxylic acids is 2. The molecular formula is C27H22Cl2N6O10S2. The molecule has 2 aromatic heterocycles. The number of β-lactam (4-membered cyclic amide) rings is 1. The number of thioether (sulfide) groups is 1. The molecule has 2 aliphatic heterocycles. The van der Waals surface area contributed by atoms with Gasteiger partial charge in [0, 0.05) is 22.8 Å². The zero-order valence-corrected chi connectivity index (χ0v) is 27.1. The lowest BCUT2D eigenvalue weighted by Gasteiger charge is -2.49. The van der Waals surface area contributed by atoms with Gasteiger partial charge in [-0.25, -0.2) is 14.6 Å². The van der Waals surface area contributed by atoms with E-state index in [0.29, 0.717) is 0 Å². The number of benzene rings is 1. The van der Waals surface area contributed by atoms with Gasteiger partial charge in [0.15, 0.2) is 28.1 Å². The first-order valence-corrected chi connectivity index (χ1v) is 15.8. The van der Waals surface area contributed by atoms with Crippen molar-refractivity contribution >= 4 is 87.0 Å². The van der Waals surface area contributed by atoms with Gasteiger partial charge < -0.3 is 40.8 Å². The first-order chi connectivity index (χ1) is 22.1. The third-order valence-electron chi connectivity index (χ3n) is 6.77. The van der Waals surface area contributed by atoms with Gasteiger partial charge in [0.05, 0.1) is 10.0 Å². The number of aromatic nitrogens is 2. The number of carboxylic acid groups (broad SMARTS) is 2. The highest BCUT2D eigenvalue weighted by molar-refractivity contribution is 8.00. The van der Waals surface area contributed by atoms with Crippen molar-refractivity contribution < 1.29 is 49.0 Å². The second kappa shape index (κ2) is 12.8. The maximum absolute atomic E-state index is 13.3. The van der Waals surface area contributed by atoms with Crippen molar-refractivity contribution in [3.8, 4) is 22.8 Å². The molecule has 7 N–H and O–H groups in total. The van der Waals surface area contributed by atoms with Gasteiger partial charge in [-0.15, -0.1) is 23.1 Å². The summed E-state index contributed by atoms with van der Waals surface area (Å²) in [4.78, 5) is 60.3. The van der Waals surface area contributed by atoms with Gasteiger partial charge in [0.2, 0.25) is 5.60 Å². The minimum atomic E-state index is -1.80. The monoisotopic (exact) mass is 724 g/mol. The molecule has 0 saturated carbocycles. The van der Waals surface area contributed by atoms with E-state index in [2.05, 4.69) is 20.6 Å². The third-order valence-corrected chi connectivity index (χ3v) is 9.41. The van der Waals surface area contributed by atoms with Gasteiger partial charge >= 0.3 is 11.9 Å². The van der Waals surface area contributed by atoms with E-state index < -0.39 is 58.0 Å².